The van der Waals surface area contributed by atoms with E-state index in [0.29, 0.717) is 37.1 Å². The molecule has 1 atom stereocenters. The largest absolute Gasteiger partial charge is 0.352 e. The Morgan fingerprint density at radius 3 is 2.03 bits per heavy atom. The third-order valence-corrected chi connectivity index (χ3v) is 8.81. The van der Waals surface area contributed by atoms with Crippen LogP contribution in [0.25, 0.3) is 11.1 Å². The van der Waals surface area contributed by atoms with Crippen LogP contribution in [0.4, 0.5) is 11.6 Å². The van der Waals surface area contributed by atoms with Gasteiger partial charge >= 0.3 is 0 Å². The second-order valence-electron chi connectivity index (χ2n) is 9.07. The van der Waals surface area contributed by atoms with Crippen LogP contribution in [-0.4, -0.2) is 61.7 Å². The molecule has 8 heteroatoms. The van der Waals surface area contributed by atoms with Crippen molar-refractivity contribution in [3.8, 4) is 11.1 Å². The fourth-order valence-electron chi connectivity index (χ4n) is 4.84. The maximum Gasteiger partial charge on any atom is 0.243 e. The highest BCUT2D eigenvalue weighted by Crippen LogP contribution is 2.26. The second-order valence-corrected chi connectivity index (χ2v) is 11.0. The Hall–Kier alpha value is -2.97. The highest BCUT2D eigenvalue weighted by molar-refractivity contribution is 7.89. The summed E-state index contributed by atoms with van der Waals surface area (Å²) < 4.78 is 28.0. The Labute approximate surface area is 202 Å². The van der Waals surface area contributed by atoms with Gasteiger partial charge in [-0.15, -0.1) is 10.2 Å². The van der Waals surface area contributed by atoms with E-state index in [1.807, 2.05) is 54.6 Å². The van der Waals surface area contributed by atoms with E-state index in [1.54, 1.807) is 16.4 Å². The minimum Gasteiger partial charge on any atom is -0.352 e. The summed E-state index contributed by atoms with van der Waals surface area (Å²) in [6.07, 6.45) is 3.65. The smallest absolute Gasteiger partial charge is 0.243 e. The van der Waals surface area contributed by atoms with Crippen LogP contribution in [0, 0.1) is 0 Å². The van der Waals surface area contributed by atoms with Crippen molar-refractivity contribution in [1.29, 1.82) is 0 Å². The highest BCUT2D eigenvalue weighted by Gasteiger charge is 2.29. The van der Waals surface area contributed by atoms with Crippen molar-refractivity contribution in [2.24, 2.45) is 0 Å². The first-order valence-corrected chi connectivity index (χ1v) is 13.5. The van der Waals surface area contributed by atoms with Crippen LogP contribution in [0.3, 0.4) is 0 Å². The third-order valence-electron chi connectivity index (χ3n) is 6.90. The number of piperidine rings is 1. The van der Waals surface area contributed by atoms with Crippen molar-refractivity contribution in [2.45, 2.75) is 37.1 Å². The van der Waals surface area contributed by atoms with Crippen molar-refractivity contribution >= 4 is 21.7 Å². The number of benzene rings is 2. The van der Waals surface area contributed by atoms with Gasteiger partial charge < -0.3 is 9.80 Å². The van der Waals surface area contributed by atoms with E-state index < -0.39 is 10.0 Å². The zero-order valence-electron chi connectivity index (χ0n) is 19.5. The number of hydrogen-bond donors (Lipinski definition) is 0. The summed E-state index contributed by atoms with van der Waals surface area (Å²) in [5, 5.41) is 8.94. The summed E-state index contributed by atoms with van der Waals surface area (Å²) in [6.45, 7) is 5.30. The topological polar surface area (TPSA) is 69.6 Å². The molecular formula is C26H31N5O2S. The monoisotopic (exact) mass is 477 g/mol. The first-order chi connectivity index (χ1) is 16.5. The molecule has 2 aliphatic rings. The fraction of sp³-hybridized carbons (Fsp3) is 0.385. The quantitative estimate of drug-likeness (QED) is 0.553. The average molecular weight is 478 g/mol. The van der Waals surface area contributed by atoms with E-state index >= 15 is 0 Å². The predicted octanol–water partition coefficient (Wildman–Crippen LogP) is 4.03. The van der Waals surface area contributed by atoms with Gasteiger partial charge in [0.05, 0.1) is 4.90 Å². The normalized spacial score (nSPS) is 19.9. The van der Waals surface area contributed by atoms with Gasteiger partial charge in [0, 0.05) is 38.8 Å². The lowest BCUT2D eigenvalue weighted by Gasteiger charge is -2.35. The number of sulfonamides is 1. The standard InChI is InChI=1S/C26H31N5O2S/c1-21-7-5-6-16-31(21)26-15-14-25(27-28-26)29-17-19-30(20-18-29)34(32,33)24-12-10-23(11-13-24)22-8-3-2-4-9-22/h2-4,8-15,21H,5-7,16-20H2,1H3. The summed E-state index contributed by atoms with van der Waals surface area (Å²) in [5.74, 6) is 1.73. The maximum atomic E-state index is 13.2. The van der Waals surface area contributed by atoms with Gasteiger partial charge in [-0.25, -0.2) is 8.42 Å². The van der Waals surface area contributed by atoms with E-state index in [9.17, 15) is 8.42 Å². The number of nitrogens with zero attached hydrogens (tertiary/aromatic N) is 5. The van der Waals surface area contributed by atoms with Crippen molar-refractivity contribution in [3.05, 3.63) is 66.7 Å². The number of aromatic nitrogens is 2. The molecule has 7 nitrogen and oxygen atoms in total. The Kier molecular flexibility index (Phi) is 6.52. The van der Waals surface area contributed by atoms with Gasteiger partial charge in [-0.3, -0.25) is 0 Å². The molecule has 2 aromatic carbocycles. The molecule has 0 amide bonds. The summed E-state index contributed by atoms with van der Waals surface area (Å²) in [6, 6.07) is 21.7. The molecule has 2 fully saturated rings. The SMILES string of the molecule is CC1CCCCN1c1ccc(N2CCN(S(=O)(=O)c3ccc(-c4ccccc4)cc3)CC2)nn1. The summed E-state index contributed by atoms with van der Waals surface area (Å²) in [7, 11) is -3.53. The molecule has 0 N–H and O–H groups in total. The molecule has 5 rings (SSSR count). The van der Waals surface area contributed by atoms with Crippen molar-refractivity contribution in [2.75, 3.05) is 42.5 Å². The van der Waals surface area contributed by atoms with Gasteiger partial charge in [0.25, 0.3) is 0 Å². The van der Waals surface area contributed by atoms with Gasteiger partial charge in [-0.1, -0.05) is 42.5 Å². The molecule has 0 radical (unpaired) electrons. The second kappa shape index (κ2) is 9.72. The Balaban J connectivity index is 1.22. The average Bonchev–Trinajstić information content (AvgIpc) is 2.90. The van der Waals surface area contributed by atoms with E-state index in [-0.39, 0.29) is 0 Å². The van der Waals surface area contributed by atoms with Crippen LogP contribution in [-0.2, 0) is 10.0 Å². The van der Waals surface area contributed by atoms with Crippen LogP contribution in [0.5, 0.6) is 0 Å². The van der Waals surface area contributed by atoms with E-state index in [0.717, 1.165) is 29.3 Å². The summed E-state index contributed by atoms with van der Waals surface area (Å²) in [5.41, 5.74) is 2.08. The molecule has 1 unspecified atom stereocenters. The number of anilines is 2. The molecule has 0 aliphatic carbocycles. The first-order valence-electron chi connectivity index (χ1n) is 12.0. The Morgan fingerprint density at radius 2 is 1.38 bits per heavy atom. The molecule has 2 aliphatic heterocycles. The van der Waals surface area contributed by atoms with Crippen molar-refractivity contribution in [3.63, 3.8) is 0 Å². The van der Waals surface area contributed by atoms with Gasteiger partial charge in [0.2, 0.25) is 10.0 Å². The molecular weight excluding hydrogens is 446 g/mol. The lowest BCUT2D eigenvalue weighted by Crippen LogP contribution is -2.49. The van der Waals surface area contributed by atoms with Crippen LogP contribution >= 0.6 is 0 Å². The molecule has 2 saturated heterocycles. The third kappa shape index (κ3) is 4.65. The lowest BCUT2D eigenvalue weighted by molar-refractivity contribution is 0.383. The summed E-state index contributed by atoms with van der Waals surface area (Å²) in [4.78, 5) is 4.77. The zero-order chi connectivity index (χ0) is 23.5. The molecule has 3 aromatic rings. The van der Waals surface area contributed by atoms with Crippen LogP contribution < -0.4 is 9.80 Å². The van der Waals surface area contributed by atoms with Crippen LogP contribution in [0.15, 0.2) is 71.6 Å². The number of rotatable bonds is 5. The minimum absolute atomic E-state index is 0.334. The van der Waals surface area contributed by atoms with E-state index in [2.05, 4.69) is 26.9 Å². The molecule has 3 heterocycles. The zero-order valence-corrected chi connectivity index (χ0v) is 20.4. The molecule has 0 spiro atoms. The van der Waals surface area contributed by atoms with Gasteiger partial charge in [-0.05, 0) is 61.6 Å². The van der Waals surface area contributed by atoms with Gasteiger partial charge in [-0.2, -0.15) is 4.31 Å². The van der Waals surface area contributed by atoms with Crippen molar-refractivity contribution < 1.29 is 8.42 Å². The van der Waals surface area contributed by atoms with E-state index in [4.69, 9.17) is 0 Å². The van der Waals surface area contributed by atoms with Gasteiger partial charge in [0.1, 0.15) is 0 Å². The highest BCUT2D eigenvalue weighted by atomic mass is 32.2. The number of hydrogen-bond acceptors (Lipinski definition) is 6. The van der Waals surface area contributed by atoms with Crippen molar-refractivity contribution in [1.82, 2.24) is 14.5 Å². The lowest BCUT2D eigenvalue weighted by atomic mass is 10.0. The number of piperazine rings is 1. The Bertz CT molecular complexity index is 1190. The molecule has 0 saturated carbocycles. The van der Waals surface area contributed by atoms with E-state index in [1.165, 1.54) is 19.3 Å². The molecule has 34 heavy (non-hydrogen) atoms. The van der Waals surface area contributed by atoms with Crippen LogP contribution in [0.2, 0.25) is 0 Å². The molecule has 178 valence electrons. The first kappa shape index (κ1) is 22.8. The van der Waals surface area contributed by atoms with Crippen LogP contribution in [0.1, 0.15) is 26.2 Å². The maximum absolute atomic E-state index is 13.2. The molecule has 0 bridgehead atoms. The molecule has 1 aromatic heterocycles. The summed E-state index contributed by atoms with van der Waals surface area (Å²) >= 11 is 0. The Morgan fingerprint density at radius 1 is 0.735 bits per heavy atom. The minimum atomic E-state index is -3.53. The predicted molar refractivity (Wildman–Crippen MR) is 136 cm³/mol. The van der Waals surface area contributed by atoms with Gasteiger partial charge in [0.15, 0.2) is 11.6 Å². The fourth-order valence-corrected chi connectivity index (χ4v) is 6.26.